The van der Waals surface area contributed by atoms with Crippen LogP contribution in [0.2, 0.25) is 0 Å². The molecular formula is C21H15P. The Morgan fingerprint density at radius 3 is 1.00 bits per heavy atom. The molecule has 0 bridgehead atoms. The van der Waals surface area contributed by atoms with Gasteiger partial charge in [-0.2, -0.15) is 0 Å². The third-order valence-electron chi connectivity index (χ3n) is 5.42. The summed E-state index contributed by atoms with van der Waals surface area (Å²) >= 11 is 0. The van der Waals surface area contributed by atoms with E-state index in [0.29, 0.717) is 0 Å². The zero-order valence-electron chi connectivity index (χ0n) is 12.3. The van der Waals surface area contributed by atoms with Crippen molar-refractivity contribution in [3.8, 4) is 0 Å². The van der Waals surface area contributed by atoms with E-state index in [1.54, 1.807) is 49.3 Å². The van der Waals surface area contributed by atoms with Crippen molar-refractivity contribution < 1.29 is 0 Å². The zero-order valence-corrected chi connectivity index (χ0v) is 13.2. The normalized spacial score (nSPS) is 16.4. The molecule has 1 heteroatoms. The van der Waals surface area contributed by atoms with E-state index in [1.807, 2.05) is 0 Å². The summed E-state index contributed by atoms with van der Waals surface area (Å²) in [5.41, 5.74) is 9.48. The summed E-state index contributed by atoms with van der Waals surface area (Å²) in [5, 5.41) is 5.08. The Morgan fingerprint density at radius 1 is 0.455 bits per heavy atom. The predicted octanol–water partition coefficient (Wildman–Crippen LogP) is 3.16. The third-order valence-corrected chi connectivity index (χ3v) is 8.49. The second-order valence-corrected chi connectivity index (χ2v) is 8.65. The first-order valence-corrected chi connectivity index (χ1v) is 9.37. The van der Waals surface area contributed by atoms with Gasteiger partial charge in [0, 0.05) is 0 Å². The second-order valence-electron chi connectivity index (χ2n) is 6.64. The summed E-state index contributed by atoms with van der Waals surface area (Å²) in [6, 6.07) is 20.9. The lowest BCUT2D eigenvalue weighted by Gasteiger charge is -2.40. The molecule has 0 amide bonds. The van der Waals surface area contributed by atoms with E-state index < -0.39 is 0 Å². The zero-order chi connectivity index (χ0) is 14.3. The molecule has 3 aliphatic rings. The number of hydrogen-bond donors (Lipinski definition) is 0. The van der Waals surface area contributed by atoms with E-state index in [4.69, 9.17) is 0 Å². The SMILES string of the molecule is c1cc2c3c(c1)Cc1cccc4c1P3c1c(cccc1C4)C2. The minimum Gasteiger partial charge on any atom is -0.0617 e. The lowest BCUT2D eigenvalue weighted by molar-refractivity contribution is 1.11. The average Bonchev–Trinajstić information content (AvgIpc) is 2.55. The van der Waals surface area contributed by atoms with Crippen LogP contribution in [0, 0.1) is 0 Å². The Morgan fingerprint density at radius 2 is 0.727 bits per heavy atom. The van der Waals surface area contributed by atoms with Crippen LogP contribution in [0.4, 0.5) is 0 Å². The van der Waals surface area contributed by atoms with Gasteiger partial charge in [-0.3, -0.25) is 0 Å². The van der Waals surface area contributed by atoms with Crippen LogP contribution in [-0.4, -0.2) is 0 Å². The van der Waals surface area contributed by atoms with Gasteiger partial charge in [0.2, 0.25) is 0 Å². The van der Waals surface area contributed by atoms with Crippen LogP contribution in [0.5, 0.6) is 0 Å². The molecule has 0 atom stereocenters. The Hall–Kier alpha value is -1.91. The number of benzene rings is 3. The van der Waals surface area contributed by atoms with Gasteiger partial charge >= 0.3 is 0 Å². The molecule has 104 valence electrons. The third kappa shape index (κ3) is 1.29. The highest BCUT2D eigenvalue weighted by atomic mass is 31.1. The highest BCUT2D eigenvalue weighted by Crippen LogP contribution is 2.48. The molecule has 3 aliphatic heterocycles. The van der Waals surface area contributed by atoms with Crippen LogP contribution in [0.25, 0.3) is 0 Å². The van der Waals surface area contributed by atoms with Crippen molar-refractivity contribution in [2.45, 2.75) is 19.3 Å². The van der Waals surface area contributed by atoms with Gasteiger partial charge in [-0.15, -0.1) is 0 Å². The molecule has 0 nitrogen and oxygen atoms in total. The van der Waals surface area contributed by atoms with E-state index in [2.05, 4.69) is 54.6 Å². The van der Waals surface area contributed by atoms with Crippen molar-refractivity contribution >= 4 is 23.8 Å². The lowest BCUT2D eigenvalue weighted by atomic mass is 9.92. The van der Waals surface area contributed by atoms with Gasteiger partial charge in [0.05, 0.1) is 0 Å². The van der Waals surface area contributed by atoms with Gasteiger partial charge in [0.25, 0.3) is 0 Å². The van der Waals surface area contributed by atoms with Crippen molar-refractivity contribution in [2.75, 3.05) is 0 Å². The topological polar surface area (TPSA) is 0 Å². The van der Waals surface area contributed by atoms with Crippen molar-refractivity contribution in [3.63, 3.8) is 0 Å². The van der Waals surface area contributed by atoms with E-state index >= 15 is 0 Å². The molecule has 0 N–H and O–H groups in total. The summed E-state index contributed by atoms with van der Waals surface area (Å²) in [7, 11) is -0.304. The Balaban J connectivity index is 1.80. The van der Waals surface area contributed by atoms with Gasteiger partial charge < -0.3 is 0 Å². The summed E-state index contributed by atoms with van der Waals surface area (Å²) in [6.07, 6.45) is 3.38. The van der Waals surface area contributed by atoms with Crippen molar-refractivity contribution in [1.82, 2.24) is 0 Å². The molecule has 0 spiro atoms. The molecule has 3 heterocycles. The molecule has 3 aromatic carbocycles. The van der Waals surface area contributed by atoms with Crippen LogP contribution >= 0.6 is 7.92 Å². The summed E-state index contributed by atoms with van der Waals surface area (Å²) in [5.74, 6) is 0. The van der Waals surface area contributed by atoms with Gasteiger partial charge in [-0.05, 0) is 76.5 Å². The van der Waals surface area contributed by atoms with Gasteiger partial charge in [0.15, 0.2) is 0 Å². The number of hydrogen-bond acceptors (Lipinski definition) is 0. The first-order valence-electron chi connectivity index (χ1n) is 8.02. The highest BCUT2D eigenvalue weighted by Gasteiger charge is 2.38. The van der Waals surface area contributed by atoms with Gasteiger partial charge in [0.1, 0.15) is 0 Å². The largest absolute Gasteiger partial charge is 0.0617 e. The molecule has 3 aromatic rings. The van der Waals surface area contributed by atoms with E-state index in [1.165, 1.54) is 0 Å². The monoisotopic (exact) mass is 298 g/mol. The lowest BCUT2D eigenvalue weighted by Crippen LogP contribution is -2.42. The van der Waals surface area contributed by atoms with Crippen molar-refractivity contribution in [3.05, 3.63) is 88.0 Å². The van der Waals surface area contributed by atoms with Crippen LogP contribution in [-0.2, 0) is 19.3 Å². The van der Waals surface area contributed by atoms with Crippen LogP contribution < -0.4 is 15.9 Å². The Kier molecular flexibility index (Phi) is 2.05. The molecule has 6 rings (SSSR count). The second kappa shape index (κ2) is 3.89. The molecule has 0 aliphatic carbocycles. The molecule has 22 heavy (non-hydrogen) atoms. The summed E-state index contributed by atoms with van der Waals surface area (Å²) in [4.78, 5) is 0. The number of rotatable bonds is 0. The minimum absolute atomic E-state index is 0.304. The van der Waals surface area contributed by atoms with Gasteiger partial charge in [-0.25, -0.2) is 0 Å². The fraction of sp³-hybridized carbons (Fsp3) is 0.143. The predicted molar refractivity (Wildman–Crippen MR) is 93.6 cm³/mol. The molecule has 0 radical (unpaired) electrons. The fourth-order valence-electron chi connectivity index (χ4n) is 4.60. The summed E-state index contributed by atoms with van der Waals surface area (Å²) < 4.78 is 0. The van der Waals surface area contributed by atoms with E-state index in [-0.39, 0.29) is 7.92 Å². The maximum absolute atomic E-state index is 2.36. The smallest absolute Gasteiger partial charge is 0.00124 e. The molecule has 0 unspecified atom stereocenters. The average molecular weight is 298 g/mol. The van der Waals surface area contributed by atoms with Crippen molar-refractivity contribution in [2.24, 2.45) is 0 Å². The Labute approximate surface area is 131 Å². The van der Waals surface area contributed by atoms with Crippen LogP contribution in [0.3, 0.4) is 0 Å². The van der Waals surface area contributed by atoms with Gasteiger partial charge in [-0.1, -0.05) is 54.6 Å². The quantitative estimate of drug-likeness (QED) is 0.378. The summed E-state index contributed by atoms with van der Waals surface area (Å²) in [6.45, 7) is 0. The standard InChI is InChI=1S/C21H15P/c1-4-13-10-15-6-2-8-17-12-18-9-3-7-16-11-14(5-1)19(13)22(20(15)17)21(16)18/h1-9H,10-12H2. The Bertz CT molecular complexity index is 780. The first kappa shape index (κ1) is 11.6. The highest BCUT2D eigenvalue weighted by molar-refractivity contribution is 7.80. The van der Waals surface area contributed by atoms with Crippen LogP contribution in [0.1, 0.15) is 33.4 Å². The molecular weight excluding hydrogens is 283 g/mol. The molecule has 0 fully saturated rings. The first-order chi connectivity index (χ1) is 10.9. The van der Waals surface area contributed by atoms with E-state index in [9.17, 15) is 0 Å². The maximum atomic E-state index is 2.36. The molecule has 0 saturated heterocycles. The maximum Gasteiger partial charge on any atom is -0.00124 e. The fourth-order valence-corrected chi connectivity index (χ4v) is 7.92. The van der Waals surface area contributed by atoms with E-state index in [0.717, 1.165) is 19.3 Å². The van der Waals surface area contributed by atoms with Crippen LogP contribution in [0.15, 0.2) is 54.6 Å². The minimum atomic E-state index is -0.304. The molecule has 0 saturated carbocycles. The van der Waals surface area contributed by atoms with Crippen molar-refractivity contribution in [1.29, 1.82) is 0 Å². The molecule has 0 aromatic heterocycles.